The fraction of sp³-hybridized carbons (Fsp3) is 0.308. The Balaban J connectivity index is 1.97. The molecule has 0 bridgehead atoms. The molecule has 0 aliphatic carbocycles. The summed E-state index contributed by atoms with van der Waals surface area (Å²) in [5.74, 6) is 1.06. The van der Waals surface area contributed by atoms with Gasteiger partial charge in [0.25, 0.3) is 5.91 Å². The van der Waals surface area contributed by atoms with Gasteiger partial charge in [-0.2, -0.15) is 0 Å². The van der Waals surface area contributed by atoms with Crippen molar-refractivity contribution in [3.05, 3.63) is 41.4 Å². The van der Waals surface area contributed by atoms with Gasteiger partial charge < -0.3 is 15.2 Å². The van der Waals surface area contributed by atoms with Crippen molar-refractivity contribution in [2.24, 2.45) is 0 Å². The van der Waals surface area contributed by atoms with E-state index in [1.807, 2.05) is 19.9 Å². The number of nitrogens with one attached hydrogen (secondary N) is 2. The summed E-state index contributed by atoms with van der Waals surface area (Å²) in [6.07, 6.45) is 0. The van der Waals surface area contributed by atoms with Crippen LogP contribution in [0.15, 0.2) is 28.8 Å². The molecular formula is C13H16N4O2. The van der Waals surface area contributed by atoms with Crippen LogP contribution in [0.5, 0.6) is 0 Å². The van der Waals surface area contributed by atoms with Crippen molar-refractivity contribution in [2.75, 3.05) is 11.9 Å². The average molecular weight is 260 g/mol. The van der Waals surface area contributed by atoms with Gasteiger partial charge in [0, 0.05) is 12.6 Å². The molecule has 0 saturated carbocycles. The van der Waals surface area contributed by atoms with Gasteiger partial charge in [-0.05, 0) is 26.0 Å². The summed E-state index contributed by atoms with van der Waals surface area (Å²) in [4.78, 5) is 16.1. The fourth-order valence-electron chi connectivity index (χ4n) is 1.60. The number of anilines is 1. The number of pyridine rings is 1. The third kappa shape index (κ3) is 3.54. The van der Waals surface area contributed by atoms with Crippen molar-refractivity contribution >= 4 is 11.7 Å². The first-order valence-corrected chi connectivity index (χ1v) is 6.10. The minimum absolute atomic E-state index is 0.242. The number of amides is 1. The number of carbonyl (C=O) groups excluding carboxylic acids is 1. The number of hydrogen-bond acceptors (Lipinski definition) is 5. The Hall–Kier alpha value is -2.37. The van der Waals surface area contributed by atoms with Crippen molar-refractivity contribution in [1.29, 1.82) is 0 Å². The number of carbonyl (C=O) groups is 1. The van der Waals surface area contributed by atoms with Gasteiger partial charge in [0.15, 0.2) is 5.76 Å². The van der Waals surface area contributed by atoms with Gasteiger partial charge in [-0.1, -0.05) is 11.2 Å². The SMILES string of the molecule is CCNc1cccc(C(=O)NCc2cc(C)no2)n1. The Labute approximate surface area is 111 Å². The minimum Gasteiger partial charge on any atom is -0.370 e. The third-order valence-electron chi connectivity index (χ3n) is 2.44. The monoisotopic (exact) mass is 260 g/mol. The predicted molar refractivity (Wildman–Crippen MR) is 70.8 cm³/mol. The normalized spacial score (nSPS) is 10.2. The number of hydrogen-bond donors (Lipinski definition) is 2. The zero-order chi connectivity index (χ0) is 13.7. The molecule has 0 unspecified atom stereocenters. The second-order valence-corrected chi connectivity index (χ2v) is 4.06. The Morgan fingerprint density at radius 3 is 2.95 bits per heavy atom. The van der Waals surface area contributed by atoms with Crippen molar-refractivity contribution in [3.63, 3.8) is 0 Å². The Morgan fingerprint density at radius 1 is 1.42 bits per heavy atom. The second kappa shape index (κ2) is 5.99. The zero-order valence-corrected chi connectivity index (χ0v) is 10.9. The molecular weight excluding hydrogens is 244 g/mol. The van der Waals surface area contributed by atoms with Crippen LogP contribution in [-0.2, 0) is 6.54 Å². The standard InChI is InChI=1S/C13H16N4O2/c1-3-14-12-6-4-5-11(16-12)13(18)15-8-10-7-9(2)17-19-10/h4-7H,3,8H2,1-2H3,(H,14,16)(H,15,18). The molecule has 2 aromatic rings. The van der Waals surface area contributed by atoms with E-state index in [4.69, 9.17) is 4.52 Å². The first-order chi connectivity index (χ1) is 9.19. The first-order valence-electron chi connectivity index (χ1n) is 6.10. The van der Waals surface area contributed by atoms with Gasteiger partial charge >= 0.3 is 0 Å². The van der Waals surface area contributed by atoms with Crippen LogP contribution in [-0.4, -0.2) is 22.6 Å². The molecule has 6 nitrogen and oxygen atoms in total. The molecule has 100 valence electrons. The van der Waals surface area contributed by atoms with Crippen LogP contribution in [0.4, 0.5) is 5.82 Å². The number of aromatic nitrogens is 2. The molecule has 2 N–H and O–H groups in total. The summed E-state index contributed by atoms with van der Waals surface area (Å²) in [7, 11) is 0. The van der Waals surface area contributed by atoms with Crippen molar-refractivity contribution < 1.29 is 9.32 Å². The third-order valence-corrected chi connectivity index (χ3v) is 2.44. The lowest BCUT2D eigenvalue weighted by atomic mass is 10.3. The first kappa shape index (κ1) is 13.1. The van der Waals surface area contributed by atoms with E-state index in [0.29, 0.717) is 23.8 Å². The van der Waals surface area contributed by atoms with Gasteiger partial charge in [0.05, 0.1) is 12.2 Å². The summed E-state index contributed by atoms with van der Waals surface area (Å²) in [6.45, 7) is 4.86. The lowest BCUT2D eigenvalue weighted by Crippen LogP contribution is -2.23. The van der Waals surface area contributed by atoms with E-state index in [9.17, 15) is 4.79 Å². The van der Waals surface area contributed by atoms with Crippen molar-refractivity contribution in [2.45, 2.75) is 20.4 Å². The van der Waals surface area contributed by atoms with Gasteiger partial charge in [0.1, 0.15) is 11.5 Å². The summed E-state index contributed by atoms with van der Waals surface area (Å²) in [5.41, 5.74) is 1.16. The van der Waals surface area contributed by atoms with E-state index in [1.165, 1.54) is 0 Å². The molecule has 0 fully saturated rings. The molecule has 0 saturated heterocycles. The largest absolute Gasteiger partial charge is 0.370 e. The van der Waals surface area contributed by atoms with Gasteiger partial charge in [0.2, 0.25) is 0 Å². The van der Waals surface area contributed by atoms with E-state index >= 15 is 0 Å². The van der Waals surface area contributed by atoms with E-state index in [0.717, 1.165) is 12.2 Å². The van der Waals surface area contributed by atoms with Crippen LogP contribution < -0.4 is 10.6 Å². The van der Waals surface area contributed by atoms with Gasteiger partial charge in [-0.25, -0.2) is 4.98 Å². The maximum Gasteiger partial charge on any atom is 0.270 e. The number of nitrogens with zero attached hydrogens (tertiary/aromatic N) is 2. The minimum atomic E-state index is -0.242. The topological polar surface area (TPSA) is 80.0 Å². The van der Waals surface area contributed by atoms with E-state index in [2.05, 4.69) is 20.8 Å². The second-order valence-electron chi connectivity index (χ2n) is 4.06. The zero-order valence-electron chi connectivity index (χ0n) is 10.9. The van der Waals surface area contributed by atoms with Crippen LogP contribution in [0.3, 0.4) is 0 Å². The Bertz CT molecular complexity index is 565. The molecule has 2 heterocycles. The van der Waals surface area contributed by atoms with Crippen LogP contribution in [0.1, 0.15) is 28.9 Å². The molecule has 0 radical (unpaired) electrons. The Kier molecular flexibility index (Phi) is 4.12. The molecule has 2 aromatic heterocycles. The average Bonchev–Trinajstić information content (AvgIpc) is 2.82. The van der Waals surface area contributed by atoms with Crippen molar-refractivity contribution in [3.8, 4) is 0 Å². The fourth-order valence-corrected chi connectivity index (χ4v) is 1.60. The number of rotatable bonds is 5. The highest BCUT2D eigenvalue weighted by atomic mass is 16.5. The lowest BCUT2D eigenvalue weighted by molar-refractivity contribution is 0.0942. The predicted octanol–water partition coefficient (Wildman–Crippen LogP) is 1.74. The highest BCUT2D eigenvalue weighted by Gasteiger charge is 2.09. The van der Waals surface area contributed by atoms with Gasteiger partial charge in [-0.3, -0.25) is 4.79 Å². The van der Waals surface area contributed by atoms with E-state index in [1.54, 1.807) is 18.2 Å². The highest BCUT2D eigenvalue weighted by Crippen LogP contribution is 2.05. The van der Waals surface area contributed by atoms with Crippen LogP contribution in [0, 0.1) is 6.92 Å². The molecule has 19 heavy (non-hydrogen) atoms. The quantitative estimate of drug-likeness (QED) is 0.856. The maximum absolute atomic E-state index is 11.9. The molecule has 0 aliphatic heterocycles. The molecule has 2 rings (SSSR count). The molecule has 0 spiro atoms. The summed E-state index contributed by atoms with van der Waals surface area (Å²) in [5, 5.41) is 9.55. The van der Waals surface area contributed by atoms with E-state index in [-0.39, 0.29) is 5.91 Å². The van der Waals surface area contributed by atoms with Crippen LogP contribution in [0.2, 0.25) is 0 Å². The molecule has 1 amide bonds. The smallest absolute Gasteiger partial charge is 0.270 e. The van der Waals surface area contributed by atoms with E-state index < -0.39 is 0 Å². The highest BCUT2D eigenvalue weighted by molar-refractivity contribution is 5.92. The lowest BCUT2D eigenvalue weighted by Gasteiger charge is -2.05. The maximum atomic E-state index is 11.9. The summed E-state index contributed by atoms with van der Waals surface area (Å²) in [6, 6.07) is 7.06. The summed E-state index contributed by atoms with van der Waals surface area (Å²) >= 11 is 0. The molecule has 6 heteroatoms. The molecule has 0 aromatic carbocycles. The molecule has 0 aliphatic rings. The van der Waals surface area contributed by atoms with Crippen LogP contribution >= 0.6 is 0 Å². The van der Waals surface area contributed by atoms with Crippen LogP contribution in [0.25, 0.3) is 0 Å². The summed E-state index contributed by atoms with van der Waals surface area (Å²) < 4.78 is 5.02. The molecule has 0 atom stereocenters. The van der Waals surface area contributed by atoms with Crippen molar-refractivity contribution in [1.82, 2.24) is 15.5 Å². The Morgan fingerprint density at radius 2 is 2.26 bits per heavy atom. The number of aryl methyl sites for hydroxylation is 1. The van der Waals surface area contributed by atoms with Gasteiger partial charge in [-0.15, -0.1) is 0 Å².